The van der Waals surface area contributed by atoms with Crippen molar-refractivity contribution in [2.45, 2.75) is 13.0 Å². The lowest BCUT2D eigenvalue weighted by Gasteiger charge is -2.41. The lowest BCUT2D eigenvalue weighted by atomic mass is 10.0. The minimum absolute atomic E-state index is 0.0496. The Labute approximate surface area is 209 Å². The summed E-state index contributed by atoms with van der Waals surface area (Å²) in [6.45, 7) is 3.64. The normalized spacial score (nSPS) is 16.8. The van der Waals surface area contributed by atoms with E-state index in [2.05, 4.69) is 5.10 Å². The first kappa shape index (κ1) is 25.8. The highest BCUT2D eigenvalue weighted by Crippen LogP contribution is 2.33. The molecule has 0 amide bonds. The number of aromatic nitrogens is 2. The molecule has 1 unspecified atom stereocenters. The maximum absolute atomic E-state index is 13.8. The topological polar surface area (TPSA) is 94.0 Å². The fourth-order valence-corrected chi connectivity index (χ4v) is 5.32. The van der Waals surface area contributed by atoms with Crippen molar-refractivity contribution in [3.63, 3.8) is 0 Å². The maximum atomic E-state index is 13.8. The summed E-state index contributed by atoms with van der Waals surface area (Å²) in [6.07, 6.45) is 2.70. The molecule has 0 spiro atoms. The molecular weight excluding hydrogens is 487 g/mol. The van der Waals surface area contributed by atoms with Crippen LogP contribution in [0.3, 0.4) is 0 Å². The first-order chi connectivity index (χ1) is 17.3. The van der Waals surface area contributed by atoms with Crippen LogP contribution in [0.15, 0.2) is 65.6 Å². The summed E-state index contributed by atoms with van der Waals surface area (Å²) in [5.74, 6) is -0.444. The Kier molecular flexibility index (Phi) is 8.02. The predicted molar refractivity (Wildman–Crippen MR) is 135 cm³/mol. The summed E-state index contributed by atoms with van der Waals surface area (Å²) < 4.78 is 52.7. The molecule has 0 N–H and O–H groups in total. The number of piperazine rings is 1. The molecule has 1 aromatic heterocycles. The van der Waals surface area contributed by atoms with E-state index in [-0.39, 0.29) is 31.2 Å². The van der Waals surface area contributed by atoms with Crippen molar-refractivity contribution in [3.05, 3.63) is 82.5 Å². The molecule has 192 valence electrons. The molecule has 1 saturated heterocycles. The molecule has 1 atom stereocenters. The second kappa shape index (κ2) is 11.2. The summed E-state index contributed by atoms with van der Waals surface area (Å²) in [4.78, 5) is 15.4. The number of halogens is 1. The van der Waals surface area contributed by atoms with Crippen molar-refractivity contribution in [3.8, 4) is 11.4 Å². The van der Waals surface area contributed by atoms with E-state index >= 15 is 0 Å². The SMILES string of the molecule is CCOCCOc1c(N2CCN(S(C)(=O)=O)C(c3ccccc3)C2)cnn(-c2cccc(F)c2)c1=O. The summed E-state index contributed by atoms with van der Waals surface area (Å²) >= 11 is 0. The molecule has 0 radical (unpaired) electrons. The van der Waals surface area contributed by atoms with Crippen LogP contribution in [0.1, 0.15) is 18.5 Å². The summed E-state index contributed by atoms with van der Waals surface area (Å²) in [5, 5.41) is 4.29. The van der Waals surface area contributed by atoms with Crippen molar-refractivity contribution in [2.24, 2.45) is 0 Å². The van der Waals surface area contributed by atoms with Crippen molar-refractivity contribution >= 4 is 15.7 Å². The Morgan fingerprint density at radius 3 is 2.56 bits per heavy atom. The molecule has 1 aliphatic heterocycles. The van der Waals surface area contributed by atoms with Gasteiger partial charge in [0, 0.05) is 26.2 Å². The summed E-state index contributed by atoms with van der Waals surface area (Å²) in [6, 6.07) is 14.5. The fraction of sp³-hybridized carbons (Fsp3) is 0.360. The largest absolute Gasteiger partial charge is 0.484 e. The standard InChI is InChI=1S/C25H29FN4O5S/c1-3-34-14-15-35-24-22(17-27-30(25(24)31)21-11-7-10-20(26)16-21)28-12-13-29(36(2,32)33)23(18-28)19-8-5-4-6-9-19/h4-11,16-17,23H,3,12-15,18H2,1-2H3. The zero-order valence-electron chi connectivity index (χ0n) is 20.2. The van der Waals surface area contributed by atoms with Gasteiger partial charge in [0.1, 0.15) is 18.1 Å². The molecule has 11 heteroatoms. The van der Waals surface area contributed by atoms with Crippen LogP contribution in [0.2, 0.25) is 0 Å². The van der Waals surface area contributed by atoms with Gasteiger partial charge in [0.25, 0.3) is 0 Å². The quantitative estimate of drug-likeness (QED) is 0.404. The van der Waals surface area contributed by atoms with Gasteiger partial charge in [0.15, 0.2) is 0 Å². The van der Waals surface area contributed by atoms with E-state index < -0.39 is 27.4 Å². The molecular formula is C25H29FN4O5S. The van der Waals surface area contributed by atoms with E-state index in [9.17, 15) is 17.6 Å². The second-order valence-electron chi connectivity index (χ2n) is 8.35. The van der Waals surface area contributed by atoms with Crippen molar-refractivity contribution in [2.75, 3.05) is 50.6 Å². The number of benzene rings is 2. The molecule has 2 heterocycles. The van der Waals surface area contributed by atoms with Gasteiger partial charge in [-0.05, 0) is 30.7 Å². The van der Waals surface area contributed by atoms with Crippen LogP contribution in [0.25, 0.3) is 5.69 Å². The highest BCUT2D eigenvalue weighted by Gasteiger charge is 2.35. The van der Waals surface area contributed by atoms with Gasteiger partial charge in [0.05, 0.1) is 30.8 Å². The molecule has 1 fully saturated rings. The Morgan fingerprint density at radius 2 is 1.86 bits per heavy atom. The smallest absolute Gasteiger partial charge is 0.316 e. The number of hydrogen-bond donors (Lipinski definition) is 0. The van der Waals surface area contributed by atoms with Gasteiger partial charge < -0.3 is 14.4 Å². The lowest BCUT2D eigenvalue weighted by Crippen LogP contribution is -2.50. The van der Waals surface area contributed by atoms with Gasteiger partial charge in [-0.1, -0.05) is 36.4 Å². The molecule has 0 aliphatic carbocycles. The minimum atomic E-state index is -3.47. The summed E-state index contributed by atoms with van der Waals surface area (Å²) in [7, 11) is -3.47. The van der Waals surface area contributed by atoms with E-state index in [1.165, 1.54) is 35.0 Å². The minimum Gasteiger partial charge on any atom is -0.484 e. The van der Waals surface area contributed by atoms with Crippen LogP contribution in [0.4, 0.5) is 10.1 Å². The molecule has 1 aliphatic rings. The van der Waals surface area contributed by atoms with E-state index in [1.54, 1.807) is 6.07 Å². The van der Waals surface area contributed by atoms with Gasteiger partial charge >= 0.3 is 5.56 Å². The highest BCUT2D eigenvalue weighted by molar-refractivity contribution is 7.88. The van der Waals surface area contributed by atoms with Gasteiger partial charge in [-0.15, -0.1) is 0 Å². The van der Waals surface area contributed by atoms with Crippen LogP contribution in [-0.4, -0.2) is 68.2 Å². The van der Waals surface area contributed by atoms with Crippen molar-refractivity contribution < 1.29 is 22.3 Å². The average molecular weight is 517 g/mol. The maximum Gasteiger partial charge on any atom is 0.316 e. The van der Waals surface area contributed by atoms with E-state index in [4.69, 9.17) is 9.47 Å². The first-order valence-electron chi connectivity index (χ1n) is 11.6. The van der Waals surface area contributed by atoms with Gasteiger partial charge in [-0.3, -0.25) is 4.79 Å². The average Bonchev–Trinajstić information content (AvgIpc) is 2.87. The number of sulfonamides is 1. The van der Waals surface area contributed by atoms with Crippen LogP contribution >= 0.6 is 0 Å². The van der Waals surface area contributed by atoms with Crippen LogP contribution < -0.4 is 15.2 Å². The van der Waals surface area contributed by atoms with Crippen LogP contribution in [0.5, 0.6) is 5.75 Å². The summed E-state index contributed by atoms with van der Waals surface area (Å²) in [5.41, 5.74) is 1.01. The Bertz CT molecular complexity index is 1350. The number of ether oxygens (including phenoxy) is 2. The molecule has 36 heavy (non-hydrogen) atoms. The van der Waals surface area contributed by atoms with Gasteiger partial charge in [-0.25, -0.2) is 12.8 Å². The van der Waals surface area contributed by atoms with E-state index in [0.29, 0.717) is 25.4 Å². The third-order valence-corrected chi connectivity index (χ3v) is 7.22. The Hall–Kier alpha value is -3.28. The number of nitrogens with zero attached hydrogens (tertiary/aromatic N) is 4. The number of hydrogen-bond acceptors (Lipinski definition) is 7. The third-order valence-electron chi connectivity index (χ3n) is 5.93. The zero-order valence-corrected chi connectivity index (χ0v) is 21.0. The monoisotopic (exact) mass is 516 g/mol. The second-order valence-corrected chi connectivity index (χ2v) is 10.3. The number of anilines is 1. The Morgan fingerprint density at radius 1 is 1.08 bits per heavy atom. The molecule has 0 saturated carbocycles. The Balaban J connectivity index is 1.73. The van der Waals surface area contributed by atoms with E-state index in [1.807, 2.05) is 42.2 Å². The molecule has 4 rings (SSSR count). The lowest BCUT2D eigenvalue weighted by molar-refractivity contribution is 0.109. The number of rotatable bonds is 9. The first-order valence-corrected chi connectivity index (χ1v) is 13.5. The van der Waals surface area contributed by atoms with Gasteiger partial charge in [0.2, 0.25) is 15.8 Å². The third kappa shape index (κ3) is 5.75. The highest BCUT2D eigenvalue weighted by atomic mass is 32.2. The van der Waals surface area contributed by atoms with Crippen molar-refractivity contribution in [1.82, 2.24) is 14.1 Å². The van der Waals surface area contributed by atoms with Crippen LogP contribution in [0, 0.1) is 5.82 Å². The molecule has 9 nitrogen and oxygen atoms in total. The fourth-order valence-electron chi connectivity index (χ4n) is 4.26. The predicted octanol–water partition coefficient (Wildman–Crippen LogP) is 2.61. The van der Waals surface area contributed by atoms with E-state index in [0.717, 1.165) is 10.2 Å². The van der Waals surface area contributed by atoms with Crippen molar-refractivity contribution in [1.29, 1.82) is 0 Å². The molecule has 3 aromatic rings. The van der Waals surface area contributed by atoms with Gasteiger partial charge in [-0.2, -0.15) is 14.1 Å². The molecule has 0 bridgehead atoms. The zero-order chi connectivity index (χ0) is 25.7. The van der Waals surface area contributed by atoms with Crippen LogP contribution in [-0.2, 0) is 14.8 Å². The molecule has 2 aromatic carbocycles.